The summed E-state index contributed by atoms with van der Waals surface area (Å²) >= 11 is 0. The first-order valence-electron chi connectivity index (χ1n) is 7.42. The number of carbonyl (C=O) groups excluding carboxylic acids is 2. The van der Waals surface area contributed by atoms with E-state index in [1.165, 1.54) is 6.21 Å². The quantitative estimate of drug-likeness (QED) is 0.593. The van der Waals surface area contributed by atoms with Crippen LogP contribution in [0.25, 0.3) is 0 Å². The molecule has 0 saturated carbocycles. The van der Waals surface area contributed by atoms with Gasteiger partial charge in [0.25, 0.3) is 11.8 Å². The van der Waals surface area contributed by atoms with Gasteiger partial charge in [-0.25, -0.2) is 5.43 Å². The summed E-state index contributed by atoms with van der Waals surface area (Å²) < 4.78 is 5.30. The molecule has 0 aliphatic heterocycles. The van der Waals surface area contributed by atoms with Gasteiger partial charge in [0.15, 0.2) is 0 Å². The molecule has 24 heavy (non-hydrogen) atoms. The Morgan fingerprint density at radius 1 is 1.17 bits per heavy atom. The number of hydrogen-bond acceptors (Lipinski definition) is 5. The first kappa shape index (κ1) is 17.1. The third kappa shape index (κ3) is 5.53. The number of hydrogen-bond donors (Lipinski definition) is 2. The standard InChI is InChI=1S/C17H18N4O3/c1-2-24-15-5-3-14(4-6-15)17(23)19-12-16(22)21-20-11-13-7-9-18-10-8-13/h3-11H,2,12H2,1H3,(H,19,23)(H,21,22)/b20-11+. The molecule has 1 aromatic carbocycles. The number of aromatic nitrogens is 1. The van der Waals surface area contributed by atoms with Crippen LogP contribution in [0.15, 0.2) is 53.9 Å². The van der Waals surface area contributed by atoms with Gasteiger partial charge in [0.1, 0.15) is 5.75 Å². The average molecular weight is 326 g/mol. The van der Waals surface area contributed by atoms with Crippen molar-refractivity contribution in [3.8, 4) is 5.75 Å². The van der Waals surface area contributed by atoms with Gasteiger partial charge in [-0.15, -0.1) is 0 Å². The number of rotatable bonds is 7. The largest absolute Gasteiger partial charge is 0.494 e. The van der Waals surface area contributed by atoms with Crippen LogP contribution in [0.2, 0.25) is 0 Å². The summed E-state index contributed by atoms with van der Waals surface area (Å²) in [6.07, 6.45) is 4.74. The molecule has 124 valence electrons. The van der Waals surface area contributed by atoms with Gasteiger partial charge in [-0.2, -0.15) is 5.10 Å². The summed E-state index contributed by atoms with van der Waals surface area (Å²) in [6.45, 7) is 2.28. The van der Waals surface area contributed by atoms with Crippen LogP contribution in [0.1, 0.15) is 22.8 Å². The highest BCUT2D eigenvalue weighted by Crippen LogP contribution is 2.11. The maximum Gasteiger partial charge on any atom is 0.259 e. The topological polar surface area (TPSA) is 92.7 Å². The van der Waals surface area contributed by atoms with Crippen LogP contribution in [-0.2, 0) is 4.79 Å². The zero-order valence-corrected chi connectivity index (χ0v) is 13.2. The number of pyridine rings is 1. The Bertz CT molecular complexity index is 700. The minimum Gasteiger partial charge on any atom is -0.494 e. The fourth-order valence-electron chi connectivity index (χ4n) is 1.80. The van der Waals surface area contributed by atoms with Crippen molar-refractivity contribution in [3.63, 3.8) is 0 Å². The predicted octanol–water partition coefficient (Wildman–Crippen LogP) is 1.36. The maximum absolute atomic E-state index is 11.9. The molecular formula is C17H18N4O3. The molecule has 2 rings (SSSR count). The highest BCUT2D eigenvalue weighted by atomic mass is 16.5. The Balaban J connectivity index is 1.76. The number of benzene rings is 1. The Labute approximate surface area is 139 Å². The van der Waals surface area contributed by atoms with Crippen LogP contribution in [-0.4, -0.2) is 36.2 Å². The Kier molecular flexibility index (Phi) is 6.46. The van der Waals surface area contributed by atoms with E-state index in [0.717, 1.165) is 5.56 Å². The van der Waals surface area contributed by atoms with E-state index in [1.54, 1.807) is 48.8 Å². The molecule has 0 unspecified atom stereocenters. The van der Waals surface area contributed by atoms with Gasteiger partial charge in [-0.05, 0) is 48.9 Å². The van der Waals surface area contributed by atoms with Gasteiger partial charge in [0, 0.05) is 18.0 Å². The summed E-state index contributed by atoms with van der Waals surface area (Å²) in [6, 6.07) is 10.2. The fourth-order valence-corrected chi connectivity index (χ4v) is 1.80. The Hall–Kier alpha value is -3.22. The molecule has 7 heteroatoms. The van der Waals surface area contributed by atoms with E-state index >= 15 is 0 Å². The summed E-state index contributed by atoms with van der Waals surface area (Å²) in [4.78, 5) is 27.5. The van der Waals surface area contributed by atoms with Crippen molar-refractivity contribution in [1.82, 2.24) is 15.7 Å². The van der Waals surface area contributed by atoms with E-state index in [2.05, 4.69) is 20.8 Å². The SMILES string of the molecule is CCOc1ccc(C(=O)NCC(=O)N/N=C/c2ccncc2)cc1. The monoisotopic (exact) mass is 326 g/mol. The molecule has 0 saturated heterocycles. The van der Waals surface area contributed by atoms with Crippen molar-refractivity contribution < 1.29 is 14.3 Å². The first-order chi connectivity index (χ1) is 11.7. The summed E-state index contributed by atoms with van der Waals surface area (Å²) in [5.74, 6) is -0.0665. The average Bonchev–Trinajstić information content (AvgIpc) is 2.61. The third-order valence-corrected chi connectivity index (χ3v) is 2.95. The minimum atomic E-state index is -0.417. The van der Waals surface area contributed by atoms with Gasteiger partial charge in [-0.3, -0.25) is 14.6 Å². The lowest BCUT2D eigenvalue weighted by molar-refractivity contribution is -0.120. The highest BCUT2D eigenvalue weighted by molar-refractivity contribution is 5.96. The van der Waals surface area contributed by atoms with Crippen molar-refractivity contribution in [2.45, 2.75) is 6.92 Å². The highest BCUT2D eigenvalue weighted by Gasteiger charge is 2.07. The number of hydrazone groups is 1. The number of ether oxygens (including phenoxy) is 1. The lowest BCUT2D eigenvalue weighted by Gasteiger charge is -2.06. The van der Waals surface area contributed by atoms with Gasteiger partial charge in [-0.1, -0.05) is 0 Å². The normalized spacial score (nSPS) is 10.4. The van der Waals surface area contributed by atoms with Crippen molar-refractivity contribution in [2.75, 3.05) is 13.2 Å². The van der Waals surface area contributed by atoms with Gasteiger partial charge in [0.05, 0.1) is 19.4 Å². The second-order valence-electron chi connectivity index (χ2n) is 4.71. The Morgan fingerprint density at radius 3 is 2.54 bits per heavy atom. The van der Waals surface area contributed by atoms with E-state index in [4.69, 9.17) is 4.74 Å². The van der Waals surface area contributed by atoms with Crippen molar-refractivity contribution in [1.29, 1.82) is 0 Å². The molecule has 2 aromatic rings. The van der Waals surface area contributed by atoms with Crippen molar-refractivity contribution in [2.24, 2.45) is 5.10 Å². The summed E-state index contributed by atoms with van der Waals surface area (Å²) in [7, 11) is 0. The molecule has 0 aliphatic rings. The van der Waals surface area contributed by atoms with Gasteiger partial charge in [0.2, 0.25) is 0 Å². The van der Waals surface area contributed by atoms with E-state index in [-0.39, 0.29) is 12.5 Å². The molecule has 7 nitrogen and oxygen atoms in total. The van der Waals surface area contributed by atoms with Crippen LogP contribution in [0.5, 0.6) is 5.75 Å². The number of nitrogens with zero attached hydrogens (tertiary/aromatic N) is 2. The molecule has 0 aliphatic carbocycles. The fraction of sp³-hybridized carbons (Fsp3) is 0.176. The van der Waals surface area contributed by atoms with Crippen LogP contribution in [0, 0.1) is 0 Å². The van der Waals surface area contributed by atoms with Gasteiger partial charge >= 0.3 is 0 Å². The zero-order valence-electron chi connectivity index (χ0n) is 13.2. The molecule has 2 N–H and O–H groups in total. The van der Waals surface area contributed by atoms with E-state index in [0.29, 0.717) is 17.9 Å². The molecule has 1 aromatic heterocycles. The number of amides is 2. The van der Waals surface area contributed by atoms with E-state index in [1.807, 2.05) is 6.92 Å². The molecule has 0 bridgehead atoms. The van der Waals surface area contributed by atoms with Crippen LogP contribution in [0.4, 0.5) is 0 Å². The van der Waals surface area contributed by atoms with Crippen molar-refractivity contribution in [3.05, 3.63) is 59.9 Å². The molecule has 1 heterocycles. The second kappa shape index (κ2) is 9.04. The van der Waals surface area contributed by atoms with E-state index < -0.39 is 5.91 Å². The van der Waals surface area contributed by atoms with E-state index in [9.17, 15) is 9.59 Å². The van der Waals surface area contributed by atoms with Crippen LogP contribution < -0.4 is 15.5 Å². The predicted molar refractivity (Wildman–Crippen MR) is 89.9 cm³/mol. The summed E-state index contributed by atoms with van der Waals surface area (Å²) in [5.41, 5.74) is 3.60. The van der Waals surface area contributed by atoms with Gasteiger partial charge < -0.3 is 10.1 Å². The number of carbonyl (C=O) groups is 2. The van der Waals surface area contributed by atoms with Crippen molar-refractivity contribution >= 4 is 18.0 Å². The summed E-state index contributed by atoms with van der Waals surface area (Å²) in [5, 5.41) is 6.33. The molecule has 0 atom stereocenters. The minimum absolute atomic E-state index is 0.167. The van der Waals surface area contributed by atoms with Crippen LogP contribution in [0.3, 0.4) is 0 Å². The number of nitrogens with one attached hydrogen (secondary N) is 2. The lowest BCUT2D eigenvalue weighted by Crippen LogP contribution is -2.34. The molecule has 2 amide bonds. The maximum atomic E-state index is 11.9. The Morgan fingerprint density at radius 2 is 1.88 bits per heavy atom. The molecule has 0 fully saturated rings. The molecular weight excluding hydrogens is 308 g/mol. The first-order valence-corrected chi connectivity index (χ1v) is 7.42. The lowest BCUT2D eigenvalue weighted by atomic mass is 10.2. The molecule has 0 radical (unpaired) electrons. The third-order valence-electron chi connectivity index (χ3n) is 2.95. The van der Waals surface area contributed by atoms with Crippen LogP contribution >= 0.6 is 0 Å². The zero-order chi connectivity index (χ0) is 17.2. The smallest absolute Gasteiger partial charge is 0.259 e. The second-order valence-corrected chi connectivity index (χ2v) is 4.71. The molecule has 0 spiro atoms.